The number of nitrogens with zero attached hydrogens (tertiary/aromatic N) is 3. The molecule has 244 valence electrons. The first-order chi connectivity index (χ1) is 22.0. The summed E-state index contributed by atoms with van der Waals surface area (Å²) in [7, 11) is -15.2. The van der Waals surface area contributed by atoms with Crippen molar-refractivity contribution in [2.24, 2.45) is 10.2 Å². The zero-order valence-corrected chi connectivity index (χ0v) is 26.5. The number of hydrogen-bond acceptors (Lipinski definition) is 11. The van der Waals surface area contributed by atoms with Gasteiger partial charge < -0.3 is 5.11 Å². The van der Waals surface area contributed by atoms with E-state index in [2.05, 4.69) is 15.7 Å². The Morgan fingerprint density at radius 2 is 1.43 bits per heavy atom. The van der Waals surface area contributed by atoms with Crippen LogP contribution in [-0.4, -0.2) is 49.9 Å². The molecule has 5 rings (SSSR count). The van der Waals surface area contributed by atoms with E-state index in [1.54, 1.807) is 42.5 Å². The van der Waals surface area contributed by atoms with Crippen LogP contribution < -0.4 is 10.4 Å². The van der Waals surface area contributed by atoms with E-state index in [4.69, 9.17) is 0 Å². The molecule has 0 bridgehead atoms. The van der Waals surface area contributed by atoms with Crippen LogP contribution in [0.2, 0.25) is 0 Å². The Hall–Kier alpha value is -4.82. The highest BCUT2D eigenvalue weighted by Crippen LogP contribution is 2.46. The minimum atomic E-state index is -5.26. The van der Waals surface area contributed by atoms with Crippen LogP contribution in [-0.2, 0) is 41.7 Å². The number of phenolic OH excluding ortho intramolecular Hbond substituents is 1. The monoisotopic (exact) mass is 700 g/mol. The van der Waals surface area contributed by atoms with Crippen molar-refractivity contribution in [3.05, 3.63) is 90.5 Å². The summed E-state index contributed by atoms with van der Waals surface area (Å²) in [4.78, 5) is 10.3. The Labute approximate surface area is 268 Å². The zero-order valence-electron chi connectivity index (χ0n) is 24.0. The fourth-order valence-electron chi connectivity index (χ4n) is 4.87. The number of azo groups is 1. The summed E-state index contributed by atoms with van der Waals surface area (Å²) in [6.45, 7) is 1.11. The third kappa shape index (κ3) is 6.98. The average molecular weight is 701 g/mol. The molecule has 0 radical (unpaired) electrons. The van der Waals surface area contributed by atoms with Crippen molar-refractivity contribution < 1.29 is 48.8 Å². The first-order valence-corrected chi connectivity index (χ1v) is 17.6. The molecule has 0 saturated heterocycles. The lowest BCUT2D eigenvalue weighted by Crippen LogP contribution is -2.41. The second kappa shape index (κ2) is 12.4. The summed E-state index contributed by atoms with van der Waals surface area (Å²) in [5, 5.41) is 19.6. The summed E-state index contributed by atoms with van der Waals surface area (Å²) < 4.78 is 104. The number of rotatable bonds is 9. The standard InChI is InChI=1S/C29H24N4O11S3/c1-17(34)33(30-16-18-7-3-2-4-8-18)24-15-21(45(36,37)38)13-20-14-25(46(39,40)41)27(28(35)26(20)24)32-31-23-12-11-19-9-5-6-10-22(19)29(23)47(42,43)44/h2-15,30,35H,16H2,1H3,(H,36,37,38)(H,39,40,41)(H,42,43,44). The molecular formula is C29H24N4O11S3. The minimum absolute atomic E-state index is 0.00875. The van der Waals surface area contributed by atoms with Crippen LogP contribution in [0.15, 0.2) is 110 Å². The summed E-state index contributed by atoms with van der Waals surface area (Å²) in [6, 6.07) is 19.7. The zero-order chi connectivity index (χ0) is 34.3. The number of aromatic hydroxyl groups is 1. The second-order valence-corrected chi connectivity index (χ2v) is 14.2. The van der Waals surface area contributed by atoms with Gasteiger partial charge in [-0.2, -0.15) is 25.3 Å². The van der Waals surface area contributed by atoms with E-state index in [9.17, 15) is 48.8 Å². The van der Waals surface area contributed by atoms with Gasteiger partial charge in [0.15, 0.2) is 5.75 Å². The molecule has 5 aromatic carbocycles. The third-order valence-corrected chi connectivity index (χ3v) is 9.54. The highest BCUT2D eigenvalue weighted by Gasteiger charge is 2.28. The fourth-order valence-corrected chi connectivity index (χ4v) is 6.91. The Kier molecular flexibility index (Phi) is 8.86. The summed E-state index contributed by atoms with van der Waals surface area (Å²) in [5.74, 6) is -1.76. The maximum atomic E-state index is 12.9. The number of carbonyl (C=O) groups excluding carboxylic acids is 1. The summed E-state index contributed by atoms with van der Waals surface area (Å²) in [6.07, 6.45) is 0. The quantitative estimate of drug-likeness (QED) is 0.0783. The number of hydrazine groups is 1. The highest BCUT2D eigenvalue weighted by atomic mass is 32.2. The van der Waals surface area contributed by atoms with Crippen molar-refractivity contribution >= 4 is 74.9 Å². The van der Waals surface area contributed by atoms with Crippen LogP contribution in [0.25, 0.3) is 21.5 Å². The van der Waals surface area contributed by atoms with Gasteiger partial charge in [-0.15, -0.1) is 10.2 Å². The molecule has 0 saturated carbocycles. The topological polar surface area (TPSA) is 240 Å². The molecule has 0 atom stereocenters. The van der Waals surface area contributed by atoms with E-state index in [0.717, 1.165) is 36.2 Å². The Balaban J connectivity index is 1.80. The average Bonchev–Trinajstić information content (AvgIpc) is 2.98. The molecule has 5 aromatic rings. The number of benzene rings is 5. The number of hydrogen-bond donors (Lipinski definition) is 5. The van der Waals surface area contributed by atoms with Gasteiger partial charge in [0.2, 0.25) is 5.91 Å². The molecule has 0 spiro atoms. The second-order valence-electron chi connectivity index (χ2n) is 10.0. The van der Waals surface area contributed by atoms with Gasteiger partial charge in [-0.3, -0.25) is 18.5 Å². The Bertz CT molecular complexity index is 2440. The third-order valence-electron chi connectivity index (χ3n) is 6.89. The normalized spacial score (nSPS) is 12.6. The molecule has 5 N–H and O–H groups in total. The molecule has 0 aromatic heterocycles. The van der Waals surface area contributed by atoms with Crippen LogP contribution >= 0.6 is 0 Å². The lowest BCUT2D eigenvalue weighted by molar-refractivity contribution is -0.117. The molecule has 0 aliphatic rings. The molecule has 0 unspecified atom stereocenters. The number of nitrogens with one attached hydrogen (secondary N) is 1. The van der Waals surface area contributed by atoms with Crippen molar-refractivity contribution in [3.63, 3.8) is 0 Å². The Morgan fingerprint density at radius 3 is 2.04 bits per heavy atom. The van der Waals surface area contributed by atoms with Crippen LogP contribution in [0.1, 0.15) is 12.5 Å². The molecule has 0 aliphatic carbocycles. The van der Waals surface area contributed by atoms with Crippen LogP contribution in [0.5, 0.6) is 5.75 Å². The molecule has 15 nitrogen and oxygen atoms in total. The van der Waals surface area contributed by atoms with Gasteiger partial charge in [-0.05, 0) is 40.6 Å². The summed E-state index contributed by atoms with van der Waals surface area (Å²) >= 11 is 0. The van der Waals surface area contributed by atoms with Gasteiger partial charge in [-0.1, -0.05) is 60.7 Å². The molecule has 0 fully saturated rings. The van der Waals surface area contributed by atoms with Crippen LogP contribution in [0, 0.1) is 0 Å². The number of carbonyl (C=O) groups is 1. The molecular weight excluding hydrogens is 677 g/mol. The number of fused-ring (bicyclic) bond motifs is 2. The SMILES string of the molecule is CC(=O)N(NCc1ccccc1)c1cc(S(=O)(=O)O)cc2cc(S(=O)(=O)O)c(N=Nc3ccc4ccccc4c3S(=O)(=O)O)c(O)c12. The first-order valence-electron chi connectivity index (χ1n) is 13.2. The van der Waals surface area contributed by atoms with Crippen LogP contribution in [0.4, 0.5) is 17.1 Å². The molecule has 0 aliphatic heterocycles. The van der Waals surface area contributed by atoms with Gasteiger partial charge in [0.25, 0.3) is 30.4 Å². The number of anilines is 1. The fraction of sp³-hybridized carbons (Fsp3) is 0.0690. The van der Waals surface area contributed by atoms with E-state index in [1.165, 1.54) is 18.2 Å². The smallest absolute Gasteiger partial charge is 0.297 e. The van der Waals surface area contributed by atoms with Gasteiger partial charge in [0.1, 0.15) is 21.2 Å². The van der Waals surface area contributed by atoms with Gasteiger partial charge >= 0.3 is 0 Å². The van der Waals surface area contributed by atoms with Gasteiger partial charge in [0, 0.05) is 18.9 Å². The van der Waals surface area contributed by atoms with Crippen molar-refractivity contribution in [1.29, 1.82) is 0 Å². The van der Waals surface area contributed by atoms with Crippen molar-refractivity contribution in [2.75, 3.05) is 5.01 Å². The molecule has 1 amide bonds. The van der Waals surface area contributed by atoms with E-state index >= 15 is 0 Å². The van der Waals surface area contributed by atoms with Crippen molar-refractivity contribution in [1.82, 2.24) is 5.43 Å². The molecule has 47 heavy (non-hydrogen) atoms. The minimum Gasteiger partial charge on any atom is -0.505 e. The van der Waals surface area contributed by atoms with Crippen molar-refractivity contribution in [2.45, 2.75) is 28.2 Å². The van der Waals surface area contributed by atoms with Crippen LogP contribution in [0.3, 0.4) is 0 Å². The van der Waals surface area contributed by atoms with E-state index < -0.39 is 68.1 Å². The predicted octanol–water partition coefficient (Wildman–Crippen LogP) is 4.91. The van der Waals surface area contributed by atoms with Gasteiger partial charge in [-0.25, -0.2) is 10.4 Å². The van der Waals surface area contributed by atoms with E-state index in [0.29, 0.717) is 10.9 Å². The lowest BCUT2D eigenvalue weighted by atomic mass is 10.1. The molecule has 0 heterocycles. The van der Waals surface area contributed by atoms with E-state index in [-0.39, 0.29) is 28.4 Å². The summed E-state index contributed by atoms with van der Waals surface area (Å²) in [5.41, 5.74) is 1.71. The largest absolute Gasteiger partial charge is 0.505 e. The molecule has 18 heteroatoms. The van der Waals surface area contributed by atoms with Gasteiger partial charge in [0.05, 0.1) is 16.0 Å². The number of amides is 1. The number of phenols is 1. The Morgan fingerprint density at radius 1 is 0.766 bits per heavy atom. The van der Waals surface area contributed by atoms with Crippen molar-refractivity contribution in [3.8, 4) is 5.75 Å². The first kappa shape index (κ1) is 33.5. The lowest BCUT2D eigenvalue weighted by Gasteiger charge is -2.25. The maximum absolute atomic E-state index is 12.9. The highest BCUT2D eigenvalue weighted by molar-refractivity contribution is 7.86. The maximum Gasteiger partial charge on any atom is 0.297 e. The van der Waals surface area contributed by atoms with E-state index in [1.807, 2.05) is 0 Å². The predicted molar refractivity (Wildman–Crippen MR) is 170 cm³/mol.